The number of carboxylic acid groups (broad SMARTS) is 1. The second kappa shape index (κ2) is 4.50. The molecule has 0 amide bonds. The summed E-state index contributed by atoms with van der Waals surface area (Å²) in [4.78, 5) is 11.2. The number of aromatic carboxylic acids is 1. The topological polar surface area (TPSA) is 76.2 Å². The molecule has 19 heavy (non-hydrogen) atoms. The van der Waals surface area contributed by atoms with E-state index in [2.05, 4.69) is 17.1 Å². The lowest BCUT2D eigenvalue weighted by Gasteiger charge is -2.03. The maximum atomic E-state index is 11.2. The summed E-state index contributed by atoms with van der Waals surface area (Å²) < 4.78 is 5.64. The van der Waals surface area contributed by atoms with Gasteiger partial charge in [-0.3, -0.25) is 0 Å². The molecule has 0 radical (unpaired) electrons. The van der Waals surface area contributed by atoms with Gasteiger partial charge in [0.25, 0.3) is 0 Å². The lowest BCUT2D eigenvalue weighted by Crippen LogP contribution is -1.99. The fourth-order valence-electron chi connectivity index (χ4n) is 2.18. The monoisotopic (exact) mass is 258 g/mol. The first-order chi connectivity index (χ1) is 9.16. The minimum atomic E-state index is -0.995. The molecule has 5 nitrogen and oxygen atoms in total. The summed E-state index contributed by atoms with van der Waals surface area (Å²) in [7, 11) is 0. The maximum Gasteiger partial charge on any atom is 0.336 e. The molecule has 2 aromatic rings. The summed E-state index contributed by atoms with van der Waals surface area (Å²) in [6, 6.07) is 6.65. The lowest BCUT2D eigenvalue weighted by atomic mass is 10.1. The molecule has 0 saturated heterocycles. The zero-order valence-electron chi connectivity index (χ0n) is 10.5. The normalized spacial score (nSPS) is 16.3. The molecule has 1 aliphatic carbocycles. The van der Waals surface area contributed by atoms with Crippen LogP contribution in [-0.4, -0.2) is 21.3 Å². The number of benzene rings is 1. The van der Waals surface area contributed by atoms with Crippen molar-refractivity contribution in [1.82, 2.24) is 10.2 Å². The van der Waals surface area contributed by atoms with E-state index >= 15 is 0 Å². The Bertz CT molecular complexity index is 617. The number of aromatic nitrogens is 2. The van der Waals surface area contributed by atoms with Gasteiger partial charge in [0, 0.05) is 5.92 Å². The summed E-state index contributed by atoms with van der Waals surface area (Å²) in [6.45, 7) is 2.07. The molecule has 1 saturated carbocycles. The Morgan fingerprint density at radius 3 is 2.79 bits per heavy atom. The molecule has 1 atom stereocenters. The van der Waals surface area contributed by atoms with Gasteiger partial charge in [0.1, 0.15) is 0 Å². The molecule has 0 bridgehead atoms. The molecule has 1 fully saturated rings. The summed E-state index contributed by atoms with van der Waals surface area (Å²) in [5, 5.41) is 17.2. The second-order valence-electron chi connectivity index (χ2n) is 4.92. The molecule has 1 unspecified atom stereocenters. The first kappa shape index (κ1) is 11.9. The van der Waals surface area contributed by atoms with Gasteiger partial charge in [-0.1, -0.05) is 19.1 Å². The third-order valence-corrected chi connectivity index (χ3v) is 3.55. The van der Waals surface area contributed by atoms with Gasteiger partial charge in [0.15, 0.2) is 0 Å². The van der Waals surface area contributed by atoms with Gasteiger partial charge in [0.2, 0.25) is 11.8 Å². The van der Waals surface area contributed by atoms with Gasteiger partial charge in [-0.2, -0.15) is 0 Å². The number of hydrogen-bond acceptors (Lipinski definition) is 4. The Hall–Kier alpha value is -2.17. The molecule has 1 aromatic carbocycles. The minimum Gasteiger partial charge on any atom is -0.478 e. The summed E-state index contributed by atoms with van der Waals surface area (Å²) in [5.41, 5.74) is 0.647. The van der Waals surface area contributed by atoms with Gasteiger partial charge in [-0.25, -0.2) is 4.79 Å². The van der Waals surface area contributed by atoms with Crippen LogP contribution in [0.5, 0.6) is 0 Å². The van der Waals surface area contributed by atoms with Gasteiger partial charge < -0.3 is 9.52 Å². The van der Waals surface area contributed by atoms with Gasteiger partial charge in [-0.05, 0) is 30.9 Å². The predicted molar refractivity (Wildman–Crippen MR) is 67.8 cm³/mol. The van der Waals surface area contributed by atoms with Crippen LogP contribution in [0.25, 0.3) is 11.5 Å². The molecule has 1 N–H and O–H groups in total. The van der Waals surface area contributed by atoms with Crippen molar-refractivity contribution in [2.24, 2.45) is 5.92 Å². The van der Waals surface area contributed by atoms with Crippen molar-refractivity contribution in [2.75, 3.05) is 0 Å². The Labute approximate surface area is 110 Å². The van der Waals surface area contributed by atoms with E-state index in [0.29, 0.717) is 17.4 Å². The van der Waals surface area contributed by atoms with E-state index in [1.54, 1.807) is 18.2 Å². The molecule has 98 valence electrons. The molecule has 5 heteroatoms. The molecule has 3 rings (SSSR count). The van der Waals surface area contributed by atoms with Crippen LogP contribution in [0.1, 0.15) is 41.9 Å². The SMILES string of the molecule is CC(c1nnc(-c2ccccc2C(=O)O)o1)C1CC1. The van der Waals surface area contributed by atoms with E-state index in [-0.39, 0.29) is 17.4 Å². The highest BCUT2D eigenvalue weighted by Crippen LogP contribution is 2.42. The zero-order chi connectivity index (χ0) is 13.4. The third kappa shape index (κ3) is 2.23. The van der Waals surface area contributed by atoms with E-state index in [1.807, 2.05) is 0 Å². The second-order valence-corrected chi connectivity index (χ2v) is 4.92. The highest BCUT2D eigenvalue weighted by atomic mass is 16.4. The highest BCUT2D eigenvalue weighted by molar-refractivity contribution is 5.94. The highest BCUT2D eigenvalue weighted by Gasteiger charge is 2.32. The molecule has 0 spiro atoms. The van der Waals surface area contributed by atoms with Crippen molar-refractivity contribution in [2.45, 2.75) is 25.7 Å². The Balaban J connectivity index is 1.96. The molecule has 0 aliphatic heterocycles. The third-order valence-electron chi connectivity index (χ3n) is 3.55. The number of carbonyl (C=O) groups is 1. The van der Waals surface area contributed by atoms with E-state index < -0.39 is 5.97 Å². The van der Waals surface area contributed by atoms with Crippen LogP contribution in [0.4, 0.5) is 0 Å². The van der Waals surface area contributed by atoms with Crippen LogP contribution < -0.4 is 0 Å². The van der Waals surface area contributed by atoms with Crippen molar-refractivity contribution < 1.29 is 14.3 Å². The molecule has 1 aliphatic rings. The van der Waals surface area contributed by atoms with Crippen LogP contribution in [0.2, 0.25) is 0 Å². The predicted octanol–water partition coefficient (Wildman–Crippen LogP) is 2.95. The first-order valence-electron chi connectivity index (χ1n) is 6.33. The Morgan fingerprint density at radius 1 is 1.37 bits per heavy atom. The van der Waals surface area contributed by atoms with Crippen LogP contribution >= 0.6 is 0 Å². The van der Waals surface area contributed by atoms with Crippen LogP contribution in [-0.2, 0) is 0 Å². The minimum absolute atomic E-state index is 0.178. The zero-order valence-corrected chi connectivity index (χ0v) is 10.5. The van der Waals surface area contributed by atoms with E-state index in [1.165, 1.54) is 18.9 Å². The Morgan fingerprint density at radius 2 is 2.11 bits per heavy atom. The summed E-state index contributed by atoms with van der Waals surface area (Å²) >= 11 is 0. The maximum absolute atomic E-state index is 11.2. The van der Waals surface area contributed by atoms with Crippen LogP contribution in [0.3, 0.4) is 0 Å². The molecular weight excluding hydrogens is 244 g/mol. The van der Waals surface area contributed by atoms with Gasteiger partial charge >= 0.3 is 5.97 Å². The van der Waals surface area contributed by atoms with Gasteiger partial charge in [0.05, 0.1) is 11.1 Å². The summed E-state index contributed by atoms with van der Waals surface area (Å²) in [5.74, 6) is 0.755. The fourth-order valence-corrected chi connectivity index (χ4v) is 2.18. The first-order valence-corrected chi connectivity index (χ1v) is 6.33. The van der Waals surface area contributed by atoms with E-state index in [4.69, 9.17) is 9.52 Å². The largest absolute Gasteiger partial charge is 0.478 e. The van der Waals surface area contributed by atoms with Crippen molar-refractivity contribution in [3.05, 3.63) is 35.7 Å². The fraction of sp³-hybridized carbons (Fsp3) is 0.357. The van der Waals surface area contributed by atoms with Crippen LogP contribution in [0.15, 0.2) is 28.7 Å². The average Bonchev–Trinajstić information content (AvgIpc) is 3.15. The van der Waals surface area contributed by atoms with E-state index in [0.717, 1.165) is 0 Å². The number of nitrogens with zero attached hydrogens (tertiary/aromatic N) is 2. The molecule has 1 heterocycles. The van der Waals surface area contributed by atoms with Crippen LogP contribution in [0, 0.1) is 5.92 Å². The summed E-state index contributed by atoms with van der Waals surface area (Å²) in [6.07, 6.45) is 2.40. The van der Waals surface area contributed by atoms with E-state index in [9.17, 15) is 4.79 Å². The number of carboxylic acids is 1. The van der Waals surface area contributed by atoms with Crippen molar-refractivity contribution in [3.8, 4) is 11.5 Å². The lowest BCUT2D eigenvalue weighted by molar-refractivity contribution is 0.0697. The average molecular weight is 258 g/mol. The quantitative estimate of drug-likeness (QED) is 0.912. The van der Waals surface area contributed by atoms with Crippen molar-refractivity contribution >= 4 is 5.97 Å². The number of rotatable bonds is 4. The molecular formula is C14H14N2O3. The smallest absolute Gasteiger partial charge is 0.336 e. The molecule has 1 aromatic heterocycles. The number of hydrogen-bond donors (Lipinski definition) is 1. The van der Waals surface area contributed by atoms with Gasteiger partial charge in [-0.15, -0.1) is 10.2 Å². The Kier molecular flexibility index (Phi) is 2.81. The van der Waals surface area contributed by atoms with Crippen molar-refractivity contribution in [3.63, 3.8) is 0 Å². The van der Waals surface area contributed by atoms with Crippen molar-refractivity contribution in [1.29, 1.82) is 0 Å². The standard InChI is InChI=1S/C14H14N2O3/c1-8(9-6-7-9)12-15-16-13(19-12)10-4-2-3-5-11(10)14(17)18/h2-5,8-9H,6-7H2,1H3,(H,17,18).